The molecular formula is C11H14O5. The summed E-state index contributed by atoms with van der Waals surface area (Å²) in [6, 6.07) is 3.01. The predicted molar refractivity (Wildman–Crippen MR) is 55.9 cm³/mol. The highest BCUT2D eigenvalue weighted by Gasteiger charge is 2.26. The fourth-order valence-electron chi connectivity index (χ4n) is 1.68. The van der Waals surface area contributed by atoms with Gasteiger partial charge in [0.05, 0.1) is 33.0 Å². The molecule has 1 aromatic rings. The van der Waals surface area contributed by atoms with Crippen molar-refractivity contribution in [1.29, 1.82) is 0 Å². The van der Waals surface area contributed by atoms with Gasteiger partial charge < -0.3 is 24.1 Å². The van der Waals surface area contributed by atoms with E-state index in [9.17, 15) is 5.11 Å². The molecule has 1 fully saturated rings. The highest BCUT2D eigenvalue weighted by atomic mass is 16.7. The van der Waals surface area contributed by atoms with Crippen LogP contribution in [0.25, 0.3) is 0 Å². The van der Waals surface area contributed by atoms with Gasteiger partial charge >= 0.3 is 0 Å². The number of methoxy groups -OCH3 is 2. The van der Waals surface area contributed by atoms with Gasteiger partial charge in [0.1, 0.15) is 17.2 Å². The number of hydrogen-bond donors (Lipinski definition) is 1. The van der Waals surface area contributed by atoms with Crippen molar-refractivity contribution >= 4 is 0 Å². The molecule has 1 saturated heterocycles. The minimum absolute atomic E-state index is 0.0791. The highest BCUT2D eigenvalue weighted by Crippen LogP contribution is 2.40. The first-order valence-electron chi connectivity index (χ1n) is 4.94. The first kappa shape index (κ1) is 11.0. The molecule has 5 nitrogen and oxygen atoms in total. The van der Waals surface area contributed by atoms with Crippen LogP contribution >= 0.6 is 0 Å². The Balaban J connectivity index is 2.46. The van der Waals surface area contributed by atoms with Crippen LogP contribution in [-0.2, 0) is 9.47 Å². The molecule has 1 aliphatic heterocycles. The quantitative estimate of drug-likeness (QED) is 0.845. The van der Waals surface area contributed by atoms with Crippen LogP contribution in [0.15, 0.2) is 12.1 Å². The van der Waals surface area contributed by atoms with Crippen LogP contribution < -0.4 is 9.47 Å². The van der Waals surface area contributed by atoms with Gasteiger partial charge in [-0.2, -0.15) is 0 Å². The number of rotatable bonds is 3. The molecule has 1 heterocycles. The monoisotopic (exact) mass is 226 g/mol. The van der Waals surface area contributed by atoms with Gasteiger partial charge in [-0.25, -0.2) is 0 Å². The summed E-state index contributed by atoms with van der Waals surface area (Å²) in [5.74, 6) is 1.06. The minimum atomic E-state index is -0.495. The topological polar surface area (TPSA) is 57.2 Å². The molecule has 2 rings (SSSR count). The van der Waals surface area contributed by atoms with Crippen molar-refractivity contribution in [3.8, 4) is 17.2 Å². The number of ether oxygens (including phenoxy) is 4. The highest BCUT2D eigenvalue weighted by molar-refractivity contribution is 5.51. The number of benzene rings is 1. The molecule has 1 aromatic carbocycles. The molecule has 1 aliphatic rings. The third kappa shape index (κ3) is 1.91. The van der Waals surface area contributed by atoms with Crippen LogP contribution in [0.2, 0.25) is 0 Å². The summed E-state index contributed by atoms with van der Waals surface area (Å²) in [5.41, 5.74) is 0.667. The molecule has 16 heavy (non-hydrogen) atoms. The predicted octanol–water partition coefficient (Wildman–Crippen LogP) is 1.45. The van der Waals surface area contributed by atoms with Crippen molar-refractivity contribution in [2.75, 3.05) is 27.4 Å². The van der Waals surface area contributed by atoms with Gasteiger partial charge in [0.2, 0.25) is 0 Å². The molecule has 0 spiro atoms. The Morgan fingerprint density at radius 3 is 2.06 bits per heavy atom. The number of hydrogen-bond acceptors (Lipinski definition) is 5. The number of phenols is 1. The second-order valence-corrected chi connectivity index (χ2v) is 3.34. The van der Waals surface area contributed by atoms with Crippen LogP contribution in [0.3, 0.4) is 0 Å². The molecule has 0 bridgehead atoms. The Hall–Kier alpha value is -1.46. The second-order valence-electron chi connectivity index (χ2n) is 3.34. The maximum Gasteiger partial charge on any atom is 0.191 e. The van der Waals surface area contributed by atoms with E-state index in [2.05, 4.69) is 0 Å². The summed E-state index contributed by atoms with van der Waals surface area (Å²) in [6.45, 7) is 1.08. The zero-order chi connectivity index (χ0) is 11.5. The average Bonchev–Trinajstić information content (AvgIpc) is 2.80. The Kier molecular flexibility index (Phi) is 3.17. The molecule has 0 saturated carbocycles. The van der Waals surface area contributed by atoms with E-state index in [4.69, 9.17) is 18.9 Å². The van der Waals surface area contributed by atoms with Gasteiger partial charge in [-0.1, -0.05) is 0 Å². The van der Waals surface area contributed by atoms with Gasteiger partial charge in [-0.3, -0.25) is 0 Å². The fourth-order valence-corrected chi connectivity index (χ4v) is 1.68. The van der Waals surface area contributed by atoms with Crippen LogP contribution in [-0.4, -0.2) is 32.5 Å². The Bertz CT molecular complexity index is 346. The first-order chi connectivity index (χ1) is 7.76. The number of aromatic hydroxyl groups is 1. The molecule has 0 amide bonds. The average molecular weight is 226 g/mol. The van der Waals surface area contributed by atoms with E-state index in [1.807, 2.05) is 0 Å². The van der Waals surface area contributed by atoms with Gasteiger partial charge in [0.15, 0.2) is 6.29 Å². The van der Waals surface area contributed by atoms with Gasteiger partial charge in [0, 0.05) is 12.1 Å². The summed E-state index contributed by atoms with van der Waals surface area (Å²) in [4.78, 5) is 0. The van der Waals surface area contributed by atoms with Crippen molar-refractivity contribution in [2.45, 2.75) is 6.29 Å². The molecule has 0 unspecified atom stereocenters. The first-order valence-corrected chi connectivity index (χ1v) is 4.94. The van der Waals surface area contributed by atoms with Crippen LogP contribution in [0.4, 0.5) is 0 Å². The second kappa shape index (κ2) is 4.59. The summed E-state index contributed by atoms with van der Waals surface area (Å²) in [5, 5.41) is 9.48. The lowest BCUT2D eigenvalue weighted by atomic mass is 10.1. The molecule has 1 N–H and O–H groups in total. The van der Waals surface area contributed by atoms with Crippen molar-refractivity contribution in [3.63, 3.8) is 0 Å². The lowest BCUT2D eigenvalue weighted by molar-refractivity contribution is -0.0469. The zero-order valence-corrected chi connectivity index (χ0v) is 9.23. The van der Waals surface area contributed by atoms with Crippen molar-refractivity contribution in [2.24, 2.45) is 0 Å². The van der Waals surface area contributed by atoms with Crippen LogP contribution in [0.1, 0.15) is 11.9 Å². The Morgan fingerprint density at radius 1 is 1.12 bits per heavy atom. The van der Waals surface area contributed by atoms with E-state index in [0.717, 1.165) is 0 Å². The van der Waals surface area contributed by atoms with E-state index in [0.29, 0.717) is 30.3 Å². The summed E-state index contributed by atoms with van der Waals surface area (Å²) >= 11 is 0. The zero-order valence-electron chi connectivity index (χ0n) is 9.23. The van der Waals surface area contributed by atoms with E-state index in [-0.39, 0.29) is 5.75 Å². The summed E-state index contributed by atoms with van der Waals surface area (Å²) in [6.07, 6.45) is -0.495. The van der Waals surface area contributed by atoms with E-state index >= 15 is 0 Å². The maximum absolute atomic E-state index is 9.48. The van der Waals surface area contributed by atoms with Crippen molar-refractivity contribution in [3.05, 3.63) is 17.7 Å². The van der Waals surface area contributed by atoms with Crippen LogP contribution in [0, 0.1) is 0 Å². The molecular weight excluding hydrogens is 212 g/mol. The summed E-state index contributed by atoms with van der Waals surface area (Å²) < 4.78 is 21.2. The smallest absolute Gasteiger partial charge is 0.191 e. The molecule has 0 radical (unpaired) electrons. The van der Waals surface area contributed by atoms with Crippen molar-refractivity contribution < 1.29 is 24.1 Å². The van der Waals surface area contributed by atoms with Crippen molar-refractivity contribution in [1.82, 2.24) is 0 Å². The number of phenolic OH excluding ortho intramolecular Hbond substituents is 1. The minimum Gasteiger partial charge on any atom is -0.508 e. The lowest BCUT2D eigenvalue weighted by Gasteiger charge is -2.17. The Labute approximate surface area is 93.5 Å². The molecule has 0 atom stereocenters. The maximum atomic E-state index is 9.48. The normalized spacial score (nSPS) is 16.4. The van der Waals surface area contributed by atoms with Gasteiger partial charge in [0.25, 0.3) is 0 Å². The largest absolute Gasteiger partial charge is 0.508 e. The molecule has 0 aromatic heterocycles. The lowest BCUT2D eigenvalue weighted by Crippen LogP contribution is -2.04. The Morgan fingerprint density at radius 2 is 1.62 bits per heavy atom. The molecule has 88 valence electrons. The summed E-state index contributed by atoms with van der Waals surface area (Å²) in [7, 11) is 3.04. The van der Waals surface area contributed by atoms with Gasteiger partial charge in [-0.15, -0.1) is 0 Å². The third-order valence-electron chi connectivity index (χ3n) is 2.39. The standard InChI is InChI=1S/C11H14O5/c1-13-8-5-7(12)6-9(14-2)10(8)11-15-3-4-16-11/h5-6,11-12H,3-4H2,1-2H3. The molecule has 0 aliphatic carbocycles. The van der Waals surface area contributed by atoms with E-state index in [1.165, 1.54) is 26.4 Å². The molecule has 5 heteroatoms. The van der Waals surface area contributed by atoms with E-state index < -0.39 is 6.29 Å². The fraction of sp³-hybridized carbons (Fsp3) is 0.455. The van der Waals surface area contributed by atoms with Crippen LogP contribution in [0.5, 0.6) is 17.2 Å². The van der Waals surface area contributed by atoms with E-state index in [1.54, 1.807) is 0 Å². The SMILES string of the molecule is COc1cc(O)cc(OC)c1C1OCCO1. The van der Waals surface area contributed by atoms with Gasteiger partial charge in [-0.05, 0) is 0 Å². The third-order valence-corrected chi connectivity index (χ3v) is 2.39.